The highest BCUT2D eigenvalue weighted by Crippen LogP contribution is 2.11. The van der Waals surface area contributed by atoms with Crippen LogP contribution in [0, 0.1) is 0 Å². The van der Waals surface area contributed by atoms with E-state index in [1.807, 2.05) is 0 Å². The zero-order chi connectivity index (χ0) is 18.4. The van der Waals surface area contributed by atoms with E-state index in [4.69, 9.17) is 4.74 Å². The molecule has 0 amide bonds. The van der Waals surface area contributed by atoms with Gasteiger partial charge in [0, 0.05) is 6.42 Å². The maximum Gasteiger partial charge on any atom is 0.305 e. The minimum atomic E-state index is -0.0253. The van der Waals surface area contributed by atoms with Crippen LogP contribution in [0.3, 0.4) is 0 Å². The van der Waals surface area contributed by atoms with Gasteiger partial charge in [-0.05, 0) is 44.9 Å². The Morgan fingerprint density at radius 1 is 0.640 bits per heavy atom. The molecular formula is C23H44O2. The summed E-state index contributed by atoms with van der Waals surface area (Å²) < 4.78 is 5.21. The molecule has 0 aliphatic carbocycles. The van der Waals surface area contributed by atoms with Gasteiger partial charge in [-0.15, -0.1) is 0 Å². The first-order valence-corrected chi connectivity index (χ1v) is 11.1. The van der Waals surface area contributed by atoms with Gasteiger partial charge in [0.15, 0.2) is 0 Å². The van der Waals surface area contributed by atoms with E-state index in [0.29, 0.717) is 13.0 Å². The highest BCUT2D eigenvalue weighted by Gasteiger charge is 2.00. The summed E-state index contributed by atoms with van der Waals surface area (Å²) >= 11 is 0. The number of carbonyl (C=O) groups is 1. The van der Waals surface area contributed by atoms with Gasteiger partial charge in [0.05, 0.1) is 6.61 Å². The van der Waals surface area contributed by atoms with E-state index in [2.05, 4.69) is 26.0 Å². The van der Waals surface area contributed by atoms with Crippen LogP contribution in [0.15, 0.2) is 12.2 Å². The van der Waals surface area contributed by atoms with Gasteiger partial charge in [-0.3, -0.25) is 4.79 Å². The molecule has 0 aromatic carbocycles. The molecule has 0 heterocycles. The Bertz CT molecular complexity index is 296. The standard InChI is InChI=1S/C23H44O2/c1-3-5-7-8-9-10-11-12-13-14-15-16-17-18-19-20-22-25-23(24)21-6-4-2/h15-16H,3-14,17-22H2,1-2H3. The quantitative estimate of drug-likeness (QED) is 0.135. The van der Waals surface area contributed by atoms with Crippen molar-refractivity contribution in [3.05, 3.63) is 12.2 Å². The predicted molar refractivity (Wildman–Crippen MR) is 110 cm³/mol. The molecule has 0 atom stereocenters. The van der Waals surface area contributed by atoms with Crippen LogP contribution < -0.4 is 0 Å². The first-order valence-electron chi connectivity index (χ1n) is 11.1. The van der Waals surface area contributed by atoms with E-state index in [1.165, 1.54) is 77.0 Å². The molecule has 0 N–H and O–H groups in total. The van der Waals surface area contributed by atoms with Crippen LogP contribution in [0.4, 0.5) is 0 Å². The maximum absolute atomic E-state index is 11.3. The smallest absolute Gasteiger partial charge is 0.305 e. The van der Waals surface area contributed by atoms with Crippen LogP contribution in [0.5, 0.6) is 0 Å². The summed E-state index contributed by atoms with van der Waals surface area (Å²) in [7, 11) is 0. The van der Waals surface area contributed by atoms with Crippen LogP contribution in [-0.4, -0.2) is 12.6 Å². The number of allylic oxidation sites excluding steroid dienone is 2. The lowest BCUT2D eigenvalue weighted by atomic mass is 10.1. The molecule has 0 saturated carbocycles. The second kappa shape index (κ2) is 21.3. The molecule has 0 spiro atoms. The highest BCUT2D eigenvalue weighted by molar-refractivity contribution is 5.69. The fourth-order valence-electron chi connectivity index (χ4n) is 2.93. The minimum Gasteiger partial charge on any atom is -0.466 e. The molecule has 0 saturated heterocycles. The van der Waals surface area contributed by atoms with E-state index in [0.717, 1.165) is 25.7 Å². The van der Waals surface area contributed by atoms with E-state index < -0.39 is 0 Å². The number of esters is 1. The Kier molecular flexibility index (Phi) is 20.6. The molecule has 0 aliphatic rings. The van der Waals surface area contributed by atoms with E-state index in [1.54, 1.807) is 0 Å². The third kappa shape index (κ3) is 21.2. The predicted octanol–water partition coefficient (Wildman–Crippen LogP) is 7.76. The van der Waals surface area contributed by atoms with Gasteiger partial charge < -0.3 is 4.74 Å². The van der Waals surface area contributed by atoms with Crippen molar-refractivity contribution in [2.24, 2.45) is 0 Å². The van der Waals surface area contributed by atoms with Gasteiger partial charge in [-0.25, -0.2) is 0 Å². The van der Waals surface area contributed by atoms with Gasteiger partial charge >= 0.3 is 5.97 Å². The van der Waals surface area contributed by atoms with Crippen LogP contribution in [0.1, 0.15) is 123 Å². The second-order valence-corrected chi connectivity index (χ2v) is 7.26. The maximum atomic E-state index is 11.3. The minimum absolute atomic E-state index is 0.0253. The molecule has 0 aromatic rings. The summed E-state index contributed by atoms with van der Waals surface area (Å²) in [6.45, 7) is 4.97. The van der Waals surface area contributed by atoms with Crippen LogP contribution >= 0.6 is 0 Å². The van der Waals surface area contributed by atoms with Crippen LogP contribution in [0.25, 0.3) is 0 Å². The van der Waals surface area contributed by atoms with E-state index in [9.17, 15) is 4.79 Å². The molecule has 2 nitrogen and oxygen atoms in total. The fraction of sp³-hybridized carbons (Fsp3) is 0.870. The fourth-order valence-corrected chi connectivity index (χ4v) is 2.93. The lowest BCUT2D eigenvalue weighted by Gasteiger charge is -2.03. The van der Waals surface area contributed by atoms with Crippen molar-refractivity contribution in [1.82, 2.24) is 0 Å². The number of carbonyl (C=O) groups excluding carboxylic acids is 1. The lowest BCUT2D eigenvalue weighted by molar-refractivity contribution is -0.143. The molecule has 25 heavy (non-hydrogen) atoms. The Morgan fingerprint density at radius 3 is 1.68 bits per heavy atom. The van der Waals surface area contributed by atoms with Crippen molar-refractivity contribution in [1.29, 1.82) is 0 Å². The first kappa shape index (κ1) is 24.2. The lowest BCUT2D eigenvalue weighted by Crippen LogP contribution is -2.05. The van der Waals surface area contributed by atoms with Gasteiger partial charge in [-0.1, -0.05) is 83.8 Å². The van der Waals surface area contributed by atoms with E-state index >= 15 is 0 Å². The van der Waals surface area contributed by atoms with Crippen molar-refractivity contribution < 1.29 is 9.53 Å². The summed E-state index contributed by atoms with van der Waals surface area (Å²) in [5, 5.41) is 0. The summed E-state index contributed by atoms with van der Waals surface area (Å²) in [4.78, 5) is 11.3. The van der Waals surface area contributed by atoms with Crippen LogP contribution in [-0.2, 0) is 9.53 Å². The molecule has 2 heteroatoms. The SMILES string of the molecule is CCCCCCCCCCCC=CCCCCCOC(=O)CCCC. The van der Waals surface area contributed by atoms with Crippen LogP contribution in [0.2, 0.25) is 0 Å². The molecule has 0 fully saturated rings. The number of hydrogen-bond acceptors (Lipinski definition) is 2. The molecule has 0 aromatic heterocycles. The average Bonchev–Trinajstić information content (AvgIpc) is 2.62. The van der Waals surface area contributed by atoms with Crippen molar-refractivity contribution in [3.8, 4) is 0 Å². The molecule has 148 valence electrons. The molecule has 0 rings (SSSR count). The monoisotopic (exact) mass is 352 g/mol. The Morgan fingerprint density at radius 2 is 1.12 bits per heavy atom. The largest absolute Gasteiger partial charge is 0.466 e. The average molecular weight is 353 g/mol. The number of ether oxygens (including phenoxy) is 1. The number of rotatable bonds is 19. The highest BCUT2D eigenvalue weighted by atomic mass is 16.5. The normalized spacial score (nSPS) is 11.3. The number of hydrogen-bond donors (Lipinski definition) is 0. The third-order valence-electron chi connectivity index (χ3n) is 4.65. The van der Waals surface area contributed by atoms with Gasteiger partial charge in [0.2, 0.25) is 0 Å². The third-order valence-corrected chi connectivity index (χ3v) is 4.65. The molecule has 0 radical (unpaired) electrons. The summed E-state index contributed by atoms with van der Waals surface area (Å²) in [5.74, 6) is -0.0253. The second-order valence-electron chi connectivity index (χ2n) is 7.26. The topological polar surface area (TPSA) is 26.3 Å². The zero-order valence-electron chi connectivity index (χ0n) is 17.2. The van der Waals surface area contributed by atoms with Crippen molar-refractivity contribution >= 4 is 5.97 Å². The molecular weight excluding hydrogens is 308 g/mol. The summed E-state index contributed by atoms with van der Waals surface area (Å²) in [6.07, 6.45) is 25.7. The van der Waals surface area contributed by atoms with Crippen molar-refractivity contribution in [2.75, 3.05) is 6.61 Å². The van der Waals surface area contributed by atoms with Gasteiger partial charge in [0.25, 0.3) is 0 Å². The van der Waals surface area contributed by atoms with Crippen molar-refractivity contribution in [2.45, 2.75) is 123 Å². The van der Waals surface area contributed by atoms with E-state index in [-0.39, 0.29) is 5.97 Å². The zero-order valence-corrected chi connectivity index (χ0v) is 17.2. The number of unbranched alkanes of at least 4 members (excludes halogenated alkanes) is 13. The summed E-state index contributed by atoms with van der Waals surface area (Å²) in [6, 6.07) is 0. The van der Waals surface area contributed by atoms with Crippen molar-refractivity contribution in [3.63, 3.8) is 0 Å². The molecule has 0 aliphatic heterocycles. The molecule has 0 bridgehead atoms. The van der Waals surface area contributed by atoms with Gasteiger partial charge in [0.1, 0.15) is 0 Å². The van der Waals surface area contributed by atoms with Gasteiger partial charge in [-0.2, -0.15) is 0 Å². The Labute approximate surface area is 157 Å². The molecule has 0 unspecified atom stereocenters. The summed E-state index contributed by atoms with van der Waals surface area (Å²) in [5.41, 5.74) is 0. The Hall–Kier alpha value is -0.790. The first-order chi connectivity index (χ1) is 12.3. The Balaban J connectivity index is 3.14.